The minimum absolute atomic E-state index is 0.0283. The highest BCUT2D eigenvalue weighted by atomic mass is 32.3. The zero-order chi connectivity index (χ0) is 39.7. The van der Waals surface area contributed by atoms with Crippen molar-refractivity contribution in [3.8, 4) is 0 Å². The molecular weight excluding hydrogens is 717 g/mol. The van der Waals surface area contributed by atoms with E-state index in [-0.39, 0.29) is 19.6 Å². The Kier molecular flexibility index (Phi) is 30.8. The maximum atomic E-state index is 12.2. The van der Waals surface area contributed by atoms with E-state index in [9.17, 15) is 28.5 Å². The minimum Gasteiger partial charge on any atom is -0.457 e. The maximum Gasteiger partial charge on any atom is 0.397 e. The Morgan fingerprint density at radius 3 is 1.76 bits per heavy atom. The molecule has 0 saturated carbocycles. The summed E-state index contributed by atoms with van der Waals surface area (Å²) in [6, 6.07) is 0. The number of allylic oxidation sites excluding steroid dienone is 8. The normalized spacial score (nSPS) is 21.6. The Bertz CT molecular complexity index is 1140. The van der Waals surface area contributed by atoms with Crippen LogP contribution in [0.1, 0.15) is 142 Å². The molecule has 1 aliphatic heterocycles. The van der Waals surface area contributed by atoms with Crippen LogP contribution >= 0.6 is 0 Å². The zero-order valence-corrected chi connectivity index (χ0v) is 33.8. The lowest BCUT2D eigenvalue weighted by molar-refractivity contribution is -0.301. The number of ether oxygens (including phenoxy) is 4. The van der Waals surface area contributed by atoms with Crippen molar-refractivity contribution in [1.82, 2.24) is 0 Å². The Morgan fingerprint density at radius 2 is 1.24 bits per heavy atom. The highest BCUT2D eigenvalue weighted by molar-refractivity contribution is 7.80. The van der Waals surface area contributed by atoms with Crippen LogP contribution in [0, 0.1) is 0 Å². The van der Waals surface area contributed by atoms with Crippen molar-refractivity contribution < 1.29 is 56.2 Å². The van der Waals surface area contributed by atoms with Crippen LogP contribution in [0.3, 0.4) is 0 Å². The fourth-order valence-electron chi connectivity index (χ4n) is 5.94. The summed E-state index contributed by atoms with van der Waals surface area (Å²) in [6.07, 6.45) is 30.7. The van der Waals surface area contributed by atoms with Crippen LogP contribution < -0.4 is 0 Å². The number of esters is 1. The van der Waals surface area contributed by atoms with Crippen molar-refractivity contribution in [2.75, 3.05) is 26.4 Å². The third-order valence-electron chi connectivity index (χ3n) is 8.94. The highest BCUT2D eigenvalue weighted by Gasteiger charge is 2.48. The molecule has 0 aromatic carbocycles. The fourth-order valence-corrected chi connectivity index (χ4v) is 6.44. The molecule has 54 heavy (non-hydrogen) atoms. The molecule has 1 heterocycles. The summed E-state index contributed by atoms with van der Waals surface area (Å²) in [6.45, 7) is 3.46. The standard InChI is InChI=1S/C41H72O12S/c1-3-5-6-7-8-9-10-11-12-13-14-15-16-17-18-19-20-21-22-23-24-25-26-27-28-29-31-49-33-35(51-37(43)30-4-2)34-50-41-39(45)40(53-54(46,47)48)38(44)36(32-42)52-41/h5-6,8-9,11-12,14-15,35-36,38-42,44-45H,3-4,7,10,13,16-34H2,1-2H3,(H,46,47,48)/b6-5-,9-8-,12-11-,15-14-. The van der Waals surface area contributed by atoms with E-state index in [4.69, 9.17) is 23.5 Å². The largest absolute Gasteiger partial charge is 0.457 e. The van der Waals surface area contributed by atoms with Gasteiger partial charge in [-0.3, -0.25) is 9.35 Å². The third kappa shape index (κ3) is 26.8. The summed E-state index contributed by atoms with van der Waals surface area (Å²) in [5.74, 6) is -0.454. The molecule has 0 aromatic heterocycles. The van der Waals surface area contributed by atoms with E-state index in [2.05, 4.69) is 59.7 Å². The van der Waals surface area contributed by atoms with Crippen molar-refractivity contribution in [2.24, 2.45) is 0 Å². The van der Waals surface area contributed by atoms with Crippen molar-refractivity contribution in [3.05, 3.63) is 48.6 Å². The van der Waals surface area contributed by atoms with Crippen LogP contribution in [0.2, 0.25) is 0 Å². The van der Waals surface area contributed by atoms with Gasteiger partial charge in [-0.1, -0.05) is 133 Å². The average molecular weight is 789 g/mol. The molecule has 0 spiro atoms. The lowest BCUT2D eigenvalue weighted by atomic mass is 9.99. The summed E-state index contributed by atoms with van der Waals surface area (Å²) in [7, 11) is -5.04. The van der Waals surface area contributed by atoms with Gasteiger partial charge in [-0.15, -0.1) is 0 Å². The van der Waals surface area contributed by atoms with Crippen molar-refractivity contribution >= 4 is 16.4 Å². The van der Waals surface area contributed by atoms with Crippen molar-refractivity contribution in [2.45, 2.75) is 179 Å². The van der Waals surface area contributed by atoms with Crippen LogP contribution in [0.15, 0.2) is 48.6 Å². The molecule has 1 fully saturated rings. The second kappa shape index (κ2) is 33.2. The Balaban J connectivity index is 2.11. The fraction of sp³-hybridized carbons (Fsp3) is 0.780. The van der Waals surface area contributed by atoms with Crippen molar-refractivity contribution in [1.29, 1.82) is 0 Å². The number of carbonyl (C=O) groups is 1. The second-order valence-corrected chi connectivity index (χ2v) is 14.9. The lowest BCUT2D eigenvalue weighted by Gasteiger charge is -2.41. The molecule has 0 aliphatic carbocycles. The SMILES string of the molecule is CC/C=C\C/C=C\C/C=C\C/C=C\CCCCCCCCCCCCCCCOCC(COC1OC(CO)C(O)C(OS(=O)(=O)O)C1O)OC(=O)CCC. The van der Waals surface area contributed by atoms with Crippen LogP contribution in [-0.2, 0) is 38.3 Å². The highest BCUT2D eigenvalue weighted by Crippen LogP contribution is 2.26. The predicted octanol–water partition coefficient (Wildman–Crippen LogP) is 7.63. The zero-order valence-electron chi connectivity index (χ0n) is 33.0. The van der Waals surface area contributed by atoms with Crippen LogP contribution in [0.5, 0.6) is 0 Å². The Hall–Kier alpha value is -1.94. The summed E-state index contributed by atoms with van der Waals surface area (Å²) >= 11 is 0. The summed E-state index contributed by atoms with van der Waals surface area (Å²) < 4.78 is 58.0. The summed E-state index contributed by atoms with van der Waals surface area (Å²) in [4.78, 5) is 12.2. The van der Waals surface area contributed by atoms with Gasteiger partial charge in [0, 0.05) is 13.0 Å². The van der Waals surface area contributed by atoms with E-state index >= 15 is 0 Å². The quantitative estimate of drug-likeness (QED) is 0.0217. The van der Waals surface area contributed by atoms with Gasteiger partial charge < -0.3 is 34.3 Å². The van der Waals surface area contributed by atoms with Gasteiger partial charge in [0.1, 0.15) is 30.5 Å². The number of hydrogen-bond acceptors (Lipinski definition) is 11. The van der Waals surface area contributed by atoms with Gasteiger partial charge in [0.15, 0.2) is 6.29 Å². The Labute approximate surface area is 326 Å². The molecule has 12 nitrogen and oxygen atoms in total. The van der Waals surface area contributed by atoms with Gasteiger partial charge in [0.25, 0.3) is 0 Å². The topological polar surface area (TPSA) is 178 Å². The van der Waals surface area contributed by atoms with Gasteiger partial charge in [0.05, 0.1) is 19.8 Å². The van der Waals surface area contributed by atoms with E-state index in [1.54, 1.807) is 0 Å². The molecule has 1 rings (SSSR count). The van der Waals surface area contributed by atoms with E-state index in [1.165, 1.54) is 70.6 Å². The molecule has 6 unspecified atom stereocenters. The smallest absolute Gasteiger partial charge is 0.397 e. The second-order valence-electron chi connectivity index (χ2n) is 13.9. The van der Waals surface area contributed by atoms with Crippen LogP contribution in [0.4, 0.5) is 0 Å². The first-order valence-corrected chi connectivity index (χ1v) is 21.8. The van der Waals surface area contributed by atoms with Crippen molar-refractivity contribution in [3.63, 3.8) is 0 Å². The first-order valence-electron chi connectivity index (χ1n) is 20.4. The molecule has 314 valence electrons. The van der Waals surface area contributed by atoms with Gasteiger partial charge in [-0.25, -0.2) is 4.18 Å². The molecule has 1 saturated heterocycles. The van der Waals surface area contributed by atoms with Crippen LogP contribution in [0.25, 0.3) is 0 Å². The van der Waals surface area contributed by atoms with Gasteiger partial charge in [0.2, 0.25) is 0 Å². The molecule has 6 atom stereocenters. The molecule has 4 N–H and O–H groups in total. The van der Waals surface area contributed by atoms with E-state index in [0.717, 1.165) is 44.9 Å². The third-order valence-corrected chi connectivity index (χ3v) is 9.40. The summed E-state index contributed by atoms with van der Waals surface area (Å²) in [5.41, 5.74) is 0. The van der Waals surface area contributed by atoms with Gasteiger partial charge >= 0.3 is 16.4 Å². The molecule has 0 bridgehead atoms. The molecule has 0 radical (unpaired) electrons. The number of carbonyl (C=O) groups excluding carboxylic acids is 1. The molecule has 0 aromatic rings. The minimum atomic E-state index is -5.04. The number of aliphatic hydroxyl groups is 3. The number of unbranched alkanes of at least 4 members (excludes halogenated alkanes) is 13. The lowest BCUT2D eigenvalue weighted by Crippen LogP contribution is -2.60. The van der Waals surface area contributed by atoms with Gasteiger partial charge in [-0.2, -0.15) is 8.42 Å². The van der Waals surface area contributed by atoms with Gasteiger partial charge in [-0.05, 0) is 51.4 Å². The molecular formula is C41H72O12S. The van der Waals surface area contributed by atoms with E-state index in [0.29, 0.717) is 13.0 Å². The first kappa shape index (κ1) is 50.1. The van der Waals surface area contributed by atoms with E-state index in [1.807, 2.05) is 6.92 Å². The van der Waals surface area contributed by atoms with Crippen LogP contribution in [-0.4, -0.2) is 97.5 Å². The van der Waals surface area contributed by atoms with E-state index < -0.39 is 59.8 Å². The Morgan fingerprint density at radius 1 is 0.722 bits per heavy atom. The molecule has 13 heteroatoms. The predicted molar refractivity (Wildman–Crippen MR) is 211 cm³/mol. The monoisotopic (exact) mass is 788 g/mol. The number of rotatable bonds is 34. The average Bonchev–Trinajstić information content (AvgIpc) is 3.13. The molecule has 0 amide bonds. The first-order chi connectivity index (χ1) is 26.1. The summed E-state index contributed by atoms with van der Waals surface area (Å²) in [5, 5.41) is 30.2. The number of aliphatic hydroxyl groups excluding tert-OH is 3. The number of hydrogen-bond donors (Lipinski definition) is 4. The maximum absolute atomic E-state index is 12.2. The molecule has 1 aliphatic rings.